The molecule has 142 valence electrons. The second-order valence-electron chi connectivity index (χ2n) is 5.65. The van der Waals surface area contributed by atoms with Gasteiger partial charge in [-0.2, -0.15) is 0 Å². The van der Waals surface area contributed by atoms with Crippen molar-refractivity contribution in [3.05, 3.63) is 81.0 Å². The molecule has 2 N–H and O–H groups in total. The number of rotatable bonds is 5. The summed E-state index contributed by atoms with van der Waals surface area (Å²) in [6.45, 7) is 0. The molecule has 0 aliphatic carbocycles. The first kappa shape index (κ1) is 19.6. The van der Waals surface area contributed by atoms with E-state index in [1.807, 2.05) is 5.38 Å². The highest BCUT2D eigenvalue weighted by atomic mass is 35.5. The highest BCUT2D eigenvalue weighted by Gasteiger charge is 2.16. The van der Waals surface area contributed by atoms with Crippen LogP contribution in [0.3, 0.4) is 0 Å². The molecule has 0 spiro atoms. The summed E-state index contributed by atoms with van der Waals surface area (Å²) in [7, 11) is 1.24. The Bertz CT molecular complexity index is 1030. The lowest BCUT2D eigenvalue weighted by molar-refractivity contribution is 0.0601. The molecule has 0 bridgehead atoms. The monoisotopic (exact) mass is 414 g/mol. The van der Waals surface area contributed by atoms with Crippen molar-refractivity contribution in [1.82, 2.24) is 0 Å². The molecular formula is C20H15ClN2O4S. The van der Waals surface area contributed by atoms with Crippen LogP contribution in [0, 0.1) is 0 Å². The molecule has 0 radical (unpaired) electrons. The number of benzene rings is 2. The molecule has 0 aliphatic heterocycles. The summed E-state index contributed by atoms with van der Waals surface area (Å²) in [6, 6.07) is 14.5. The van der Waals surface area contributed by atoms with Gasteiger partial charge in [0.25, 0.3) is 11.8 Å². The van der Waals surface area contributed by atoms with E-state index >= 15 is 0 Å². The number of esters is 1. The van der Waals surface area contributed by atoms with Gasteiger partial charge >= 0.3 is 5.97 Å². The number of nitrogens with one attached hydrogen (secondary N) is 2. The number of ether oxygens (including phenoxy) is 1. The molecule has 8 heteroatoms. The summed E-state index contributed by atoms with van der Waals surface area (Å²) in [6.07, 6.45) is 0. The Labute approximate surface area is 170 Å². The van der Waals surface area contributed by atoms with E-state index in [0.29, 0.717) is 21.2 Å². The van der Waals surface area contributed by atoms with E-state index in [4.69, 9.17) is 16.3 Å². The third-order valence-electron chi connectivity index (χ3n) is 3.76. The lowest BCUT2D eigenvalue weighted by Crippen LogP contribution is -2.16. The van der Waals surface area contributed by atoms with Crippen molar-refractivity contribution in [3.63, 3.8) is 0 Å². The number of carbonyl (C=O) groups is 3. The quantitative estimate of drug-likeness (QED) is 0.593. The fourth-order valence-electron chi connectivity index (χ4n) is 2.44. The van der Waals surface area contributed by atoms with Gasteiger partial charge < -0.3 is 15.4 Å². The van der Waals surface area contributed by atoms with E-state index in [-0.39, 0.29) is 17.2 Å². The van der Waals surface area contributed by atoms with Crippen molar-refractivity contribution in [2.45, 2.75) is 0 Å². The fraction of sp³-hybridized carbons (Fsp3) is 0.0500. The first-order valence-corrected chi connectivity index (χ1v) is 9.38. The van der Waals surface area contributed by atoms with Gasteiger partial charge in [-0.15, -0.1) is 11.3 Å². The number of carbonyl (C=O) groups excluding carboxylic acids is 3. The Balaban J connectivity index is 1.79. The van der Waals surface area contributed by atoms with Crippen LogP contribution in [0.4, 0.5) is 11.4 Å². The number of hydrogen-bond donors (Lipinski definition) is 2. The smallest absolute Gasteiger partial charge is 0.340 e. The van der Waals surface area contributed by atoms with E-state index in [2.05, 4.69) is 10.6 Å². The maximum atomic E-state index is 12.6. The van der Waals surface area contributed by atoms with E-state index in [0.717, 1.165) is 0 Å². The predicted molar refractivity (Wildman–Crippen MR) is 109 cm³/mol. The van der Waals surface area contributed by atoms with Crippen LogP contribution in [0.1, 0.15) is 30.4 Å². The van der Waals surface area contributed by atoms with Gasteiger partial charge in [0.1, 0.15) is 0 Å². The van der Waals surface area contributed by atoms with Gasteiger partial charge in [0.2, 0.25) is 0 Å². The van der Waals surface area contributed by atoms with Crippen LogP contribution in [-0.4, -0.2) is 24.9 Å². The van der Waals surface area contributed by atoms with Crippen molar-refractivity contribution >= 4 is 52.1 Å². The average Bonchev–Trinajstić information content (AvgIpc) is 3.24. The molecule has 3 rings (SSSR count). The molecule has 0 unspecified atom stereocenters. The summed E-state index contributed by atoms with van der Waals surface area (Å²) in [5, 5.41) is 7.57. The highest BCUT2D eigenvalue weighted by Crippen LogP contribution is 2.23. The Hall–Kier alpha value is -3.16. The summed E-state index contributed by atoms with van der Waals surface area (Å²) >= 11 is 7.25. The van der Waals surface area contributed by atoms with Crippen LogP contribution < -0.4 is 10.6 Å². The third-order valence-corrected chi connectivity index (χ3v) is 4.87. The number of halogens is 1. The Kier molecular flexibility index (Phi) is 6.08. The fourth-order valence-corrected chi connectivity index (χ4v) is 3.23. The van der Waals surface area contributed by atoms with E-state index < -0.39 is 11.9 Å². The molecule has 1 heterocycles. The molecule has 2 amide bonds. The summed E-state index contributed by atoms with van der Waals surface area (Å²) in [5.74, 6) is -1.31. The zero-order chi connectivity index (χ0) is 20.1. The van der Waals surface area contributed by atoms with Crippen molar-refractivity contribution in [3.8, 4) is 0 Å². The van der Waals surface area contributed by atoms with Crippen LogP contribution in [0.2, 0.25) is 5.02 Å². The zero-order valence-corrected chi connectivity index (χ0v) is 16.3. The van der Waals surface area contributed by atoms with Gasteiger partial charge in [-0.25, -0.2) is 4.79 Å². The van der Waals surface area contributed by atoms with Crippen LogP contribution in [0.5, 0.6) is 0 Å². The lowest BCUT2D eigenvalue weighted by atomic mass is 10.1. The van der Waals surface area contributed by atoms with E-state index in [9.17, 15) is 14.4 Å². The topological polar surface area (TPSA) is 84.5 Å². The van der Waals surface area contributed by atoms with Crippen LogP contribution >= 0.6 is 22.9 Å². The van der Waals surface area contributed by atoms with Gasteiger partial charge in [0.15, 0.2) is 0 Å². The third kappa shape index (κ3) is 4.57. The predicted octanol–water partition coefficient (Wildman–Crippen LogP) is 4.69. The first-order chi connectivity index (χ1) is 13.5. The van der Waals surface area contributed by atoms with Gasteiger partial charge in [-0.05, 0) is 47.8 Å². The molecule has 0 saturated carbocycles. The van der Waals surface area contributed by atoms with Crippen molar-refractivity contribution in [2.24, 2.45) is 0 Å². The first-order valence-electron chi connectivity index (χ1n) is 8.12. The normalized spacial score (nSPS) is 10.2. The standard InChI is InChI=1S/C20H15ClN2O4S/c1-27-20(26)15-11-13(21)7-8-16(15)23-18(24)12-4-2-5-14(10-12)22-19(25)17-6-3-9-28-17/h2-11H,1H3,(H,22,25)(H,23,24). The summed E-state index contributed by atoms with van der Waals surface area (Å²) in [5.41, 5.74) is 1.21. The molecule has 0 saturated heterocycles. The lowest BCUT2D eigenvalue weighted by Gasteiger charge is -2.11. The van der Waals surface area contributed by atoms with Gasteiger partial charge in [-0.1, -0.05) is 23.7 Å². The Morgan fingerprint density at radius 2 is 1.79 bits per heavy atom. The SMILES string of the molecule is COC(=O)c1cc(Cl)ccc1NC(=O)c1cccc(NC(=O)c2cccs2)c1. The largest absolute Gasteiger partial charge is 0.465 e. The molecular weight excluding hydrogens is 400 g/mol. The molecule has 0 fully saturated rings. The van der Waals surface area contributed by atoms with E-state index in [1.165, 1.54) is 30.6 Å². The minimum absolute atomic E-state index is 0.144. The number of amides is 2. The van der Waals surface area contributed by atoms with Crippen molar-refractivity contribution in [2.75, 3.05) is 17.7 Å². The molecule has 28 heavy (non-hydrogen) atoms. The minimum Gasteiger partial charge on any atom is -0.465 e. The number of thiophene rings is 1. The van der Waals surface area contributed by atoms with E-state index in [1.54, 1.807) is 42.5 Å². The highest BCUT2D eigenvalue weighted by molar-refractivity contribution is 7.12. The summed E-state index contributed by atoms with van der Waals surface area (Å²) < 4.78 is 4.72. The Morgan fingerprint density at radius 3 is 2.50 bits per heavy atom. The maximum Gasteiger partial charge on any atom is 0.340 e. The van der Waals surface area contributed by atoms with Crippen molar-refractivity contribution in [1.29, 1.82) is 0 Å². The number of hydrogen-bond acceptors (Lipinski definition) is 5. The second-order valence-corrected chi connectivity index (χ2v) is 7.03. The number of anilines is 2. The molecule has 6 nitrogen and oxygen atoms in total. The van der Waals surface area contributed by atoms with Crippen LogP contribution in [-0.2, 0) is 4.74 Å². The molecule has 1 aromatic heterocycles. The maximum absolute atomic E-state index is 12.6. The summed E-state index contributed by atoms with van der Waals surface area (Å²) in [4.78, 5) is 37.3. The average molecular weight is 415 g/mol. The molecule has 2 aromatic carbocycles. The second kappa shape index (κ2) is 8.69. The minimum atomic E-state index is -0.616. The number of methoxy groups -OCH3 is 1. The van der Waals surface area contributed by atoms with Gasteiger partial charge in [0, 0.05) is 16.3 Å². The van der Waals surface area contributed by atoms with Crippen molar-refractivity contribution < 1.29 is 19.1 Å². The van der Waals surface area contributed by atoms with Gasteiger partial charge in [-0.3, -0.25) is 9.59 Å². The molecule has 0 atom stereocenters. The van der Waals surface area contributed by atoms with Crippen LogP contribution in [0.15, 0.2) is 60.0 Å². The van der Waals surface area contributed by atoms with Gasteiger partial charge in [0.05, 0.1) is 23.2 Å². The Morgan fingerprint density at radius 1 is 0.964 bits per heavy atom. The molecule has 0 aliphatic rings. The van der Waals surface area contributed by atoms with Crippen LogP contribution in [0.25, 0.3) is 0 Å². The molecule has 3 aromatic rings. The zero-order valence-electron chi connectivity index (χ0n) is 14.7.